The van der Waals surface area contributed by atoms with E-state index in [1.807, 2.05) is 24.3 Å². The molecule has 0 fully saturated rings. The summed E-state index contributed by atoms with van der Waals surface area (Å²) in [5.74, 6) is -0.974. The molecule has 18 heavy (non-hydrogen) atoms. The first kappa shape index (κ1) is 12.5. The molecule has 0 radical (unpaired) electrons. The Morgan fingerprint density at radius 3 is 2.44 bits per heavy atom. The van der Waals surface area contributed by atoms with Crippen LogP contribution in [0.4, 0.5) is 5.69 Å². The molecule has 2 rings (SSSR count). The third-order valence-electron chi connectivity index (χ3n) is 2.36. The summed E-state index contributed by atoms with van der Waals surface area (Å²) >= 11 is 3.35. The van der Waals surface area contributed by atoms with Crippen LogP contribution in [0.2, 0.25) is 0 Å². The van der Waals surface area contributed by atoms with E-state index in [0.717, 1.165) is 10.0 Å². The first-order valence-corrected chi connectivity index (χ1v) is 6.08. The van der Waals surface area contributed by atoms with E-state index in [4.69, 9.17) is 5.11 Å². The Labute approximate surface area is 113 Å². The van der Waals surface area contributed by atoms with E-state index in [1.54, 1.807) is 24.4 Å². The SMILES string of the molecule is O=C(O)c1ccccc1N=Cc1ccc(Br)cc1. The molecular weight excluding hydrogens is 294 g/mol. The van der Waals surface area contributed by atoms with E-state index in [-0.39, 0.29) is 5.56 Å². The number of carbonyl (C=O) groups is 1. The number of para-hydroxylation sites is 1. The lowest BCUT2D eigenvalue weighted by Gasteiger charge is -1.99. The predicted molar refractivity (Wildman–Crippen MR) is 74.8 cm³/mol. The van der Waals surface area contributed by atoms with Gasteiger partial charge in [-0.25, -0.2) is 4.79 Å². The van der Waals surface area contributed by atoms with Crippen molar-refractivity contribution in [2.24, 2.45) is 4.99 Å². The minimum Gasteiger partial charge on any atom is -0.478 e. The van der Waals surface area contributed by atoms with E-state index >= 15 is 0 Å². The highest BCUT2D eigenvalue weighted by Gasteiger charge is 2.06. The van der Waals surface area contributed by atoms with Gasteiger partial charge in [-0.15, -0.1) is 0 Å². The Morgan fingerprint density at radius 1 is 1.11 bits per heavy atom. The van der Waals surface area contributed by atoms with Gasteiger partial charge in [0.25, 0.3) is 0 Å². The molecule has 0 aliphatic rings. The van der Waals surface area contributed by atoms with Crippen LogP contribution in [-0.2, 0) is 0 Å². The van der Waals surface area contributed by atoms with Gasteiger partial charge in [-0.2, -0.15) is 0 Å². The van der Waals surface area contributed by atoms with Gasteiger partial charge in [0.2, 0.25) is 0 Å². The Kier molecular flexibility index (Phi) is 3.89. The highest BCUT2D eigenvalue weighted by molar-refractivity contribution is 9.10. The molecule has 0 spiro atoms. The van der Waals surface area contributed by atoms with Crippen LogP contribution in [0.1, 0.15) is 15.9 Å². The average molecular weight is 304 g/mol. The Morgan fingerprint density at radius 2 is 1.78 bits per heavy atom. The van der Waals surface area contributed by atoms with E-state index in [0.29, 0.717) is 5.69 Å². The van der Waals surface area contributed by atoms with Crippen molar-refractivity contribution in [3.05, 3.63) is 64.1 Å². The minimum atomic E-state index is -0.974. The van der Waals surface area contributed by atoms with Gasteiger partial charge in [0.05, 0.1) is 11.3 Å². The minimum absolute atomic E-state index is 0.200. The molecule has 1 N–H and O–H groups in total. The molecule has 0 saturated carbocycles. The number of rotatable bonds is 3. The van der Waals surface area contributed by atoms with Crippen molar-refractivity contribution in [1.82, 2.24) is 0 Å². The van der Waals surface area contributed by atoms with Crippen LogP contribution >= 0.6 is 15.9 Å². The molecule has 0 atom stereocenters. The molecule has 90 valence electrons. The highest BCUT2D eigenvalue weighted by Crippen LogP contribution is 2.18. The zero-order valence-corrected chi connectivity index (χ0v) is 11.0. The number of carboxylic acid groups (broad SMARTS) is 1. The molecule has 3 nitrogen and oxygen atoms in total. The fourth-order valence-corrected chi connectivity index (χ4v) is 1.72. The van der Waals surface area contributed by atoms with Crippen LogP contribution in [0.15, 0.2) is 58.0 Å². The van der Waals surface area contributed by atoms with E-state index < -0.39 is 5.97 Å². The smallest absolute Gasteiger partial charge is 0.337 e. The number of carboxylic acids is 1. The van der Waals surface area contributed by atoms with Crippen molar-refractivity contribution in [2.45, 2.75) is 0 Å². The average Bonchev–Trinajstić information content (AvgIpc) is 2.38. The summed E-state index contributed by atoms with van der Waals surface area (Å²) in [6, 6.07) is 14.3. The quantitative estimate of drug-likeness (QED) is 0.874. The summed E-state index contributed by atoms with van der Waals surface area (Å²) in [6.45, 7) is 0. The van der Waals surface area contributed by atoms with Crippen LogP contribution in [0, 0.1) is 0 Å². The summed E-state index contributed by atoms with van der Waals surface area (Å²) in [5.41, 5.74) is 1.57. The summed E-state index contributed by atoms with van der Waals surface area (Å²) in [5, 5.41) is 9.02. The van der Waals surface area contributed by atoms with Crippen molar-refractivity contribution >= 4 is 33.8 Å². The molecule has 0 amide bonds. The van der Waals surface area contributed by atoms with Gasteiger partial charge in [-0.1, -0.05) is 40.2 Å². The van der Waals surface area contributed by atoms with Crippen molar-refractivity contribution in [1.29, 1.82) is 0 Å². The number of hydrogen-bond acceptors (Lipinski definition) is 2. The molecule has 0 aromatic heterocycles. The topological polar surface area (TPSA) is 49.7 Å². The number of aliphatic imine (C=N–C) groups is 1. The Bertz CT molecular complexity index is 591. The lowest BCUT2D eigenvalue weighted by molar-refractivity contribution is 0.0698. The Hall–Kier alpha value is -1.94. The third-order valence-corrected chi connectivity index (χ3v) is 2.89. The second-order valence-corrected chi connectivity index (χ2v) is 4.55. The second kappa shape index (κ2) is 5.60. The maximum Gasteiger partial charge on any atom is 0.337 e. The summed E-state index contributed by atoms with van der Waals surface area (Å²) in [4.78, 5) is 15.2. The van der Waals surface area contributed by atoms with E-state index in [2.05, 4.69) is 20.9 Å². The number of aromatic carboxylic acids is 1. The van der Waals surface area contributed by atoms with Crippen LogP contribution in [0.3, 0.4) is 0 Å². The number of hydrogen-bond donors (Lipinski definition) is 1. The second-order valence-electron chi connectivity index (χ2n) is 3.63. The standard InChI is InChI=1S/C14H10BrNO2/c15-11-7-5-10(6-8-11)9-16-13-4-2-1-3-12(13)14(17)18/h1-9H,(H,17,18). The van der Waals surface area contributed by atoms with Crippen molar-refractivity contribution < 1.29 is 9.90 Å². The number of halogens is 1. The lowest BCUT2D eigenvalue weighted by atomic mass is 10.2. The van der Waals surface area contributed by atoms with Crippen molar-refractivity contribution in [3.8, 4) is 0 Å². The van der Waals surface area contributed by atoms with Gasteiger partial charge in [-0.05, 0) is 29.8 Å². The molecule has 0 aliphatic carbocycles. The number of benzene rings is 2. The first-order chi connectivity index (χ1) is 8.66. The van der Waals surface area contributed by atoms with Crippen molar-refractivity contribution in [3.63, 3.8) is 0 Å². The van der Waals surface area contributed by atoms with E-state index in [1.165, 1.54) is 6.07 Å². The molecular formula is C14H10BrNO2. The molecule has 2 aromatic carbocycles. The zero-order chi connectivity index (χ0) is 13.0. The molecule has 0 heterocycles. The van der Waals surface area contributed by atoms with Crippen LogP contribution in [-0.4, -0.2) is 17.3 Å². The maximum absolute atomic E-state index is 11.0. The maximum atomic E-state index is 11.0. The molecule has 0 bridgehead atoms. The van der Waals surface area contributed by atoms with Gasteiger partial charge in [-0.3, -0.25) is 4.99 Å². The fraction of sp³-hybridized carbons (Fsp3) is 0. The first-order valence-electron chi connectivity index (χ1n) is 5.29. The molecule has 0 unspecified atom stereocenters. The zero-order valence-electron chi connectivity index (χ0n) is 9.38. The van der Waals surface area contributed by atoms with Crippen LogP contribution in [0.5, 0.6) is 0 Å². The number of nitrogens with zero attached hydrogens (tertiary/aromatic N) is 1. The molecule has 2 aromatic rings. The third kappa shape index (κ3) is 3.05. The normalized spacial score (nSPS) is 10.7. The molecule has 4 heteroatoms. The lowest BCUT2D eigenvalue weighted by Crippen LogP contribution is -1.96. The van der Waals surface area contributed by atoms with Crippen LogP contribution < -0.4 is 0 Å². The van der Waals surface area contributed by atoms with Gasteiger partial charge in [0, 0.05) is 10.7 Å². The van der Waals surface area contributed by atoms with Crippen molar-refractivity contribution in [2.75, 3.05) is 0 Å². The monoisotopic (exact) mass is 303 g/mol. The van der Waals surface area contributed by atoms with Gasteiger partial charge in [0.1, 0.15) is 0 Å². The van der Waals surface area contributed by atoms with Gasteiger partial charge < -0.3 is 5.11 Å². The summed E-state index contributed by atoms with van der Waals surface area (Å²) in [6.07, 6.45) is 1.65. The fourth-order valence-electron chi connectivity index (χ4n) is 1.46. The summed E-state index contributed by atoms with van der Waals surface area (Å²) < 4.78 is 0.991. The molecule has 0 saturated heterocycles. The van der Waals surface area contributed by atoms with Crippen LogP contribution in [0.25, 0.3) is 0 Å². The highest BCUT2D eigenvalue weighted by atomic mass is 79.9. The van der Waals surface area contributed by atoms with E-state index in [9.17, 15) is 4.79 Å². The largest absolute Gasteiger partial charge is 0.478 e. The summed E-state index contributed by atoms with van der Waals surface area (Å²) in [7, 11) is 0. The molecule has 0 aliphatic heterocycles. The van der Waals surface area contributed by atoms with Gasteiger partial charge in [0.15, 0.2) is 0 Å². The Balaban J connectivity index is 2.29. The van der Waals surface area contributed by atoms with Gasteiger partial charge >= 0.3 is 5.97 Å². The predicted octanol–water partition coefficient (Wildman–Crippen LogP) is 3.90.